The molecule has 0 aromatic heterocycles. The first-order valence-electron chi connectivity index (χ1n) is 5.11. The molecule has 0 N–H and O–H groups in total. The number of rotatable bonds is 2. The molecule has 3 heteroatoms. The van der Waals surface area contributed by atoms with E-state index < -0.39 is 5.79 Å². The molecule has 15 heavy (non-hydrogen) atoms. The van der Waals surface area contributed by atoms with Crippen molar-refractivity contribution in [1.82, 2.24) is 0 Å². The predicted octanol–water partition coefficient (Wildman–Crippen LogP) is 3.36. The van der Waals surface area contributed by atoms with Gasteiger partial charge in [-0.25, -0.2) is 0 Å². The molecule has 1 aromatic rings. The highest BCUT2D eigenvalue weighted by Gasteiger charge is 2.31. The molecule has 1 aliphatic heterocycles. The maximum atomic E-state index is 5.95. The van der Waals surface area contributed by atoms with Gasteiger partial charge in [0.25, 0.3) is 0 Å². The molecule has 0 amide bonds. The van der Waals surface area contributed by atoms with Gasteiger partial charge in [-0.05, 0) is 31.0 Å². The summed E-state index contributed by atoms with van der Waals surface area (Å²) in [6.45, 7) is 5.78. The van der Waals surface area contributed by atoms with Crippen LogP contribution in [0.5, 0.6) is 11.5 Å². The third-order valence-corrected chi connectivity index (χ3v) is 2.39. The maximum absolute atomic E-state index is 5.95. The summed E-state index contributed by atoms with van der Waals surface area (Å²) >= 11 is 5.95. The van der Waals surface area contributed by atoms with Crippen LogP contribution in [0.15, 0.2) is 18.2 Å². The third-order valence-electron chi connectivity index (χ3n) is 2.24. The second-order valence-corrected chi connectivity index (χ2v) is 5.11. The summed E-state index contributed by atoms with van der Waals surface area (Å²) in [5.41, 5.74) is 1.18. The van der Waals surface area contributed by atoms with Crippen molar-refractivity contribution in [3.05, 3.63) is 23.8 Å². The minimum atomic E-state index is -0.548. The van der Waals surface area contributed by atoms with Crippen LogP contribution in [0.2, 0.25) is 0 Å². The zero-order valence-electron chi connectivity index (χ0n) is 9.21. The molecule has 0 fully saturated rings. The van der Waals surface area contributed by atoms with E-state index in [9.17, 15) is 0 Å². The smallest absolute Gasteiger partial charge is 0.246 e. The van der Waals surface area contributed by atoms with Crippen LogP contribution < -0.4 is 9.47 Å². The lowest BCUT2D eigenvalue weighted by molar-refractivity contribution is -0.0431. The molecule has 0 spiro atoms. The zero-order valence-corrected chi connectivity index (χ0v) is 9.97. The Bertz CT molecular complexity index is 372. The molecule has 1 aromatic carbocycles. The summed E-state index contributed by atoms with van der Waals surface area (Å²) in [6, 6.07) is 5.98. The average Bonchev–Trinajstić information content (AvgIpc) is 2.36. The van der Waals surface area contributed by atoms with E-state index in [1.54, 1.807) is 0 Å². The van der Waals surface area contributed by atoms with Crippen molar-refractivity contribution in [2.75, 3.05) is 0 Å². The lowest BCUT2D eigenvalue weighted by Gasteiger charge is -2.16. The third kappa shape index (κ3) is 2.37. The van der Waals surface area contributed by atoms with Crippen molar-refractivity contribution in [2.45, 2.75) is 38.4 Å². The van der Waals surface area contributed by atoms with Crippen molar-refractivity contribution in [2.24, 2.45) is 0 Å². The van der Waals surface area contributed by atoms with E-state index in [4.69, 9.17) is 21.1 Å². The standard InChI is InChI=1S/C12H15ClO2/c1-8(13)6-9-4-5-10-11(7-9)15-12(2,3)14-10/h4-5,7-8H,6H2,1-3H3/t8-/m0/s1. The highest BCUT2D eigenvalue weighted by Crippen LogP contribution is 2.39. The number of alkyl halides is 1. The van der Waals surface area contributed by atoms with Crippen LogP contribution in [0.4, 0.5) is 0 Å². The van der Waals surface area contributed by atoms with Crippen molar-refractivity contribution in [3.8, 4) is 11.5 Å². The molecule has 1 heterocycles. The van der Waals surface area contributed by atoms with Gasteiger partial charge >= 0.3 is 0 Å². The van der Waals surface area contributed by atoms with E-state index in [0.717, 1.165) is 17.9 Å². The summed E-state index contributed by atoms with van der Waals surface area (Å²) < 4.78 is 11.3. The van der Waals surface area contributed by atoms with Gasteiger partial charge in [0, 0.05) is 19.2 Å². The Kier molecular flexibility index (Phi) is 2.55. The highest BCUT2D eigenvalue weighted by atomic mass is 35.5. The monoisotopic (exact) mass is 226 g/mol. The van der Waals surface area contributed by atoms with Crippen molar-refractivity contribution < 1.29 is 9.47 Å². The van der Waals surface area contributed by atoms with Crippen LogP contribution in [0.3, 0.4) is 0 Å². The summed E-state index contributed by atoms with van der Waals surface area (Å²) in [6.07, 6.45) is 0.846. The Balaban J connectivity index is 2.23. The summed E-state index contributed by atoms with van der Waals surface area (Å²) in [4.78, 5) is 0. The van der Waals surface area contributed by atoms with Crippen LogP contribution in [0.1, 0.15) is 26.3 Å². The van der Waals surface area contributed by atoms with E-state index in [1.165, 1.54) is 5.56 Å². The van der Waals surface area contributed by atoms with Crippen LogP contribution >= 0.6 is 11.6 Å². The molecule has 0 radical (unpaired) electrons. The van der Waals surface area contributed by atoms with Gasteiger partial charge in [-0.1, -0.05) is 6.07 Å². The first-order valence-corrected chi connectivity index (χ1v) is 5.55. The van der Waals surface area contributed by atoms with Gasteiger partial charge < -0.3 is 9.47 Å². The quantitative estimate of drug-likeness (QED) is 0.720. The second-order valence-electron chi connectivity index (χ2n) is 4.37. The second kappa shape index (κ2) is 3.60. The van der Waals surface area contributed by atoms with E-state index in [0.29, 0.717) is 0 Å². The Hall–Kier alpha value is -0.890. The van der Waals surface area contributed by atoms with E-state index >= 15 is 0 Å². The molecule has 2 nitrogen and oxygen atoms in total. The van der Waals surface area contributed by atoms with Crippen LogP contribution in [0.25, 0.3) is 0 Å². The SMILES string of the molecule is C[C@H](Cl)Cc1ccc2c(c1)OC(C)(C)O2. The molecule has 0 unspecified atom stereocenters. The first kappa shape index (κ1) is 10.6. The molecule has 2 rings (SSSR count). The van der Waals surface area contributed by atoms with Crippen LogP contribution in [-0.2, 0) is 6.42 Å². The molecule has 0 saturated carbocycles. The lowest BCUT2D eigenvalue weighted by Crippen LogP contribution is -2.29. The Morgan fingerprint density at radius 3 is 2.60 bits per heavy atom. The number of halogens is 1. The molecule has 82 valence electrons. The summed E-state index contributed by atoms with van der Waals surface area (Å²) in [7, 11) is 0. The molecule has 1 atom stereocenters. The van der Waals surface area contributed by atoms with E-state index in [1.807, 2.05) is 39.0 Å². The largest absolute Gasteiger partial charge is 0.449 e. The van der Waals surface area contributed by atoms with E-state index in [2.05, 4.69) is 0 Å². The van der Waals surface area contributed by atoms with Gasteiger partial charge in [-0.3, -0.25) is 0 Å². The number of ether oxygens (including phenoxy) is 2. The zero-order chi connectivity index (χ0) is 11.1. The minimum Gasteiger partial charge on any atom is -0.449 e. The Morgan fingerprint density at radius 2 is 1.93 bits per heavy atom. The van der Waals surface area contributed by atoms with Gasteiger partial charge in [0.1, 0.15) is 0 Å². The highest BCUT2D eigenvalue weighted by molar-refractivity contribution is 6.20. The van der Waals surface area contributed by atoms with Crippen LogP contribution in [-0.4, -0.2) is 11.2 Å². The van der Waals surface area contributed by atoms with Gasteiger partial charge in [0.15, 0.2) is 11.5 Å². The molecular formula is C12H15ClO2. The normalized spacial score (nSPS) is 18.9. The van der Waals surface area contributed by atoms with Crippen molar-refractivity contribution in [3.63, 3.8) is 0 Å². The summed E-state index contributed by atoms with van der Waals surface area (Å²) in [5, 5.41) is 0.137. The Labute approximate surface area is 95.1 Å². The molecule has 1 aliphatic rings. The fourth-order valence-corrected chi connectivity index (χ4v) is 1.90. The Morgan fingerprint density at radius 1 is 1.27 bits per heavy atom. The fourth-order valence-electron chi connectivity index (χ4n) is 1.72. The average molecular weight is 227 g/mol. The number of fused-ring (bicyclic) bond motifs is 1. The number of benzene rings is 1. The van der Waals surface area contributed by atoms with Gasteiger partial charge in [-0.15, -0.1) is 11.6 Å². The fraction of sp³-hybridized carbons (Fsp3) is 0.500. The number of hydrogen-bond donors (Lipinski definition) is 0. The topological polar surface area (TPSA) is 18.5 Å². The lowest BCUT2D eigenvalue weighted by atomic mass is 10.1. The van der Waals surface area contributed by atoms with Gasteiger partial charge in [-0.2, -0.15) is 0 Å². The molecular weight excluding hydrogens is 212 g/mol. The number of hydrogen-bond acceptors (Lipinski definition) is 2. The van der Waals surface area contributed by atoms with Crippen LogP contribution in [0, 0.1) is 0 Å². The molecule has 0 aliphatic carbocycles. The predicted molar refractivity (Wildman–Crippen MR) is 60.8 cm³/mol. The first-order chi connectivity index (χ1) is 6.96. The summed E-state index contributed by atoms with van der Waals surface area (Å²) in [5.74, 6) is 1.08. The molecule has 0 saturated heterocycles. The van der Waals surface area contributed by atoms with Crippen molar-refractivity contribution in [1.29, 1.82) is 0 Å². The van der Waals surface area contributed by atoms with Gasteiger partial charge in [0.2, 0.25) is 5.79 Å². The maximum Gasteiger partial charge on any atom is 0.246 e. The minimum absolute atomic E-state index is 0.137. The van der Waals surface area contributed by atoms with E-state index in [-0.39, 0.29) is 5.38 Å². The van der Waals surface area contributed by atoms with Gasteiger partial charge in [0.05, 0.1) is 0 Å². The van der Waals surface area contributed by atoms with Crippen molar-refractivity contribution >= 4 is 11.6 Å². The molecule has 0 bridgehead atoms.